The number of ether oxygens (including phenoxy) is 1. The minimum Gasteiger partial charge on any atom is -0.361 e. The maximum absolute atomic E-state index is 14.3. The van der Waals surface area contributed by atoms with Crippen molar-refractivity contribution < 1.29 is 66.2 Å². The van der Waals surface area contributed by atoms with E-state index in [1.54, 1.807) is 0 Å². The summed E-state index contributed by atoms with van der Waals surface area (Å²) < 4.78 is 190. The molecule has 1 rings (SSSR count). The van der Waals surface area contributed by atoms with E-state index in [4.69, 9.17) is 0 Å². The lowest BCUT2D eigenvalue weighted by molar-refractivity contribution is -0.490. The third kappa shape index (κ3) is 3.01. The first-order chi connectivity index (χ1) is 12.2. The second-order valence-electron chi connectivity index (χ2n) is 5.84. The standard InChI is InChI=1S/C12H11F14NO/c1-28-6(7(13,14)10(19,20)21,8(15,16)11(22,23)24)9(17,18)12(25,26)27-4-2-3-5-27/h2-5H2,1H3. The van der Waals surface area contributed by atoms with Gasteiger partial charge in [-0.15, -0.1) is 0 Å². The van der Waals surface area contributed by atoms with Crippen molar-refractivity contribution in [1.29, 1.82) is 0 Å². The van der Waals surface area contributed by atoms with Gasteiger partial charge in [0.1, 0.15) is 0 Å². The first-order valence-corrected chi connectivity index (χ1v) is 7.11. The van der Waals surface area contributed by atoms with Gasteiger partial charge in [0.25, 0.3) is 5.60 Å². The second kappa shape index (κ2) is 6.74. The van der Waals surface area contributed by atoms with Crippen LogP contribution in [0.3, 0.4) is 0 Å². The predicted octanol–water partition coefficient (Wildman–Crippen LogP) is 5.09. The quantitative estimate of drug-likeness (QED) is 0.412. The van der Waals surface area contributed by atoms with E-state index in [1.165, 1.54) is 0 Å². The molecule has 0 atom stereocenters. The fraction of sp³-hybridized carbons (Fsp3) is 1.00. The van der Waals surface area contributed by atoms with Gasteiger partial charge in [-0.1, -0.05) is 0 Å². The number of halogens is 14. The molecule has 1 saturated heterocycles. The summed E-state index contributed by atoms with van der Waals surface area (Å²) >= 11 is 0. The number of hydrogen-bond donors (Lipinski definition) is 0. The van der Waals surface area contributed by atoms with Gasteiger partial charge >= 0.3 is 36.2 Å². The number of likely N-dealkylation sites (tertiary alicyclic amines) is 1. The zero-order valence-electron chi connectivity index (χ0n) is 13.5. The van der Waals surface area contributed by atoms with Crippen molar-refractivity contribution in [3.63, 3.8) is 0 Å². The van der Waals surface area contributed by atoms with Gasteiger partial charge in [-0.2, -0.15) is 61.5 Å². The molecule has 0 N–H and O–H groups in total. The predicted molar refractivity (Wildman–Crippen MR) is 62.4 cm³/mol. The molecule has 0 spiro atoms. The van der Waals surface area contributed by atoms with E-state index in [0.717, 1.165) is 0 Å². The van der Waals surface area contributed by atoms with E-state index in [1.807, 2.05) is 0 Å². The molecule has 28 heavy (non-hydrogen) atoms. The van der Waals surface area contributed by atoms with Crippen LogP contribution in [0.15, 0.2) is 0 Å². The Hall–Kier alpha value is -1.06. The van der Waals surface area contributed by atoms with Crippen LogP contribution in [0.25, 0.3) is 0 Å². The van der Waals surface area contributed by atoms with Crippen LogP contribution in [-0.2, 0) is 4.74 Å². The van der Waals surface area contributed by atoms with Gasteiger partial charge in [-0.3, -0.25) is 0 Å². The van der Waals surface area contributed by atoms with Crippen LogP contribution >= 0.6 is 0 Å². The van der Waals surface area contributed by atoms with Crippen molar-refractivity contribution >= 4 is 0 Å². The first kappa shape index (κ1) is 25.0. The van der Waals surface area contributed by atoms with Crippen LogP contribution in [0, 0.1) is 0 Å². The summed E-state index contributed by atoms with van der Waals surface area (Å²) in [6.45, 7) is -2.17. The Morgan fingerprint density at radius 2 is 0.893 bits per heavy atom. The number of rotatable bonds is 6. The van der Waals surface area contributed by atoms with Crippen molar-refractivity contribution in [2.75, 3.05) is 20.2 Å². The smallest absolute Gasteiger partial charge is 0.361 e. The van der Waals surface area contributed by atoms with Crippen LogP contribution in [0.1, 0.15) is 12.8 Å². The lowest BCUT2D eigenvalue weighted by Crippen LogP contribution is -2.82. The van der Waals surface area contributed by atoms with E-state index in [9.17, 15) is 61.5 Å². The Morgan fingerprint density at radius 3 is 1.14 bits per heavy atom. The molecule has 168 valence electrons. The van der Waals surface area contributed by atoms with Crippen molar-refractivity contribution in [3.05, 3.63) is 0 Å². The minimum absolute atomic E-state index is 0.322. The molecule has 0 amide bonds. The van der Waals surface area contributed by atoms with Gasteiger partial charge in [0.15, 0.2) is 0 Å². The molecule has 0 radical (unpaired) electrons. The SMILES string of the molecule is COC(C(F)(F)C(F)(F)F)(C(F)(F)C(F)(F)F)C(F)(F)C(F)(F)N1CCCC1. The Labute approximate surface area is 147 Å². The van der Waals surface area contributed by atoms with Gasteiger partial charge in [-0.05, 0) is 12.8 Å². The van der Waals surface area contributed by atoms with Gasteiger partial charge in [-0.25, -0.2) is 4.90 Å². The highest BCUT2D eigenvalue weighted by Crippen LogP contribution is 2.65. The summed E-state index contributed by atoms with van der Waals surface area (Å²) in [6.07, 6.45) is -15.7. The molecule has 0 aromatic rings. The number of hydrogen-bond acceptors (Lipinski definition) is 2. The van der Waals surface area contributed by atoms with E-state index < -0.39 is 66.9 Å². The summed E-state index contributed by atoms with van der Waals surface area (Å²) in [4.78, 5) is -0.764. The summed E-state index contributed by atoms with van der Waals surface area (Å²) in [5.74, 6) is -22.9. The average Bonchev–Trinajstić information content (AvgIpc) is 2.99. The Morgan fingerprint density at radius 1 is 0.571 bits per heavy atom. The van der Waals surface area contributed by atoms with Gasteiger partial charge < -0.3 is 4.74 Å². The Bertz CT molecular complexity index is 534. The highest BCUT2D eigenvalue weighted by molar-refractivity contribution is 5.20. The summed E-state index contributed by atoms with van der Waals surface area (Å²) in [6, 6.07) is -6.27. The van der Waals surface area contributed by atoms with Gasteiger partial charge in [0.2, 0.25) is 0 Å². The van der Waals surface area contributed by atoms with E-state index in [2.05, 4.69) is 4.74 Å². The summed E-state index contributed by atoms with van der Waals surface area (Å²) in [5.41, 5.74) is -7.35. The van der Waals surface area contributed by atoms with E-state index >= 15 is 0 Å². The molecule has 1 aliphatic heterocycles. The fourth-order valence-corrected chi connectivity index (χ4v) is 2.78. The highest BCUT2D eigenvalue weighted by Gasteiger charge is 2.97. The molecule has 1 fully saturated rings. The summed E-state index contributed by atoms with van der Waals surface area (Å²) in [7, 11) is -0.798. The second-order valence-corrected chi connectivity index (χ2v) is 5.84. The maximum atomic E-state index is 14.3. The van der Waals surface area contributed by atoms with Crippen LogP contribution in [0.2, 0.25) is 0 Å². The normalized spacial score (nSPS) is 19.4. The fourth-order valence-electron chi connectivity index (χ4n) is 2.78. The van der Waals surface area contributed by atoms with Crippen LogP contribution in [0.4, 0.5) is 61.5 Å². The topological polar surface area (TPSA) is 12.5 Å². The number of alkyl halides is 14. The van der Waals surface area contributed by atoms with E-state index in [-0.39, 0.29) is 12.8 Å². The lowest BCUT2D eigenvalue weighted by Gasteiger charge is -2.50. The zero-order valence-corrected chi connectivity index (χ0v) is 13.5. The molecular formula is C12H11F14NO. The van der Waals surface area contributed by atoms with Gasteiger partial charge in [0.05, 0.1) is 0 Å². The average molecular weight is 451 g/mol. The third-order valence-corrected chi connectivity index (χ3v) is 4.23. The largest absolute Gasteiger partial charge is 0.456 e. The lowest BCUT2D eigenvalue weighted by atomic mass is 9.79. The molecular weight excluding hydrogens is 440 g/mol. The first-order valence-electron chi connectivity index (χ1n) is 7.11. The molecule has 0 aliphatic carbocycles. The zero-order chi connectivity index (χ0) is 22.6. The van der Waals surface area contributed by atoms with Crippen LogP contribution < -0.4 is 0 Å². The van der Waals surface area contributed by atoms with E-state index in [0.29, 0.717) is 0 Å². The minimum atomic E-state index is -7.76. The summed E-state index contributed by atoms with van der Waals surface area (Å²) in [5, 5.41) is 0. The van der Waals surface area contributed by atoms with Crippen molar-refractivity contribution in [2.24, 2.45) is 0 Å². The van der Waals surface area contributed by atoms with Crippen LogP contribution in [-0.4, -0.2) is 66.9 Å². The van der Waals surface area contributed by atoms with Crippen LogP contribution in [0.5, 0.6) is 0 Å². The molecule has 1 aliphatic rings. The molecule has 1 heterocycles. The number of methoxy groups -OCH3 is 1. The van der Waals surface area contributed by atoms with Crippen molar-refractivity contribution in [2.45, 2.75) is 54.6 Å². The Kier molecular flexibility index (Phi) is 6.01. The highest BCUT2D eigenvalue weighted by atomic mass is 19.4. The van der Waals surface area contributed by atoms with Crippen molar-refractivity contribution in [3.8, 4) is 0 Å². The molecule has 0 saturated carbocycles. The van der Waals surface area contributed by atoms with Crippen molar-refractivity contribution in [1.82, 2.24) is 4.90 Å². The molecule has 0 aromatic heterocycles. The molecule has 16 heteroatoms. The molecule has 0 aromatic carbocycles. The third-order valence-electron chi connectivity index (χ3n) is 4.23. The van der Waals surface area contributed by atoms with Gasteiger partial charge in [0, 0.05) is 20.2 Å². The molecule has 0 bridgehead atoms. The monoisotopic (exact) mass is 451 g/mol. The molecule has 2 nitrogen and oxygen atoms in total. The Balaban J connectivity index is 3.95. The molecule has 0 unspecified atom stereocenters. The maximum Gasteiger partial charge on any atom is 0.456 e. The number of nitrogens with zero attached hydrogens (tertiary/aromatic N) is 1.